The lowest BCUT2D eigenvalue weighted by Gasteiger charge is -2.12. The van der Waals surface area contributed by atoms with E-state index in [-0.39, 0.29) is 0 Å². The maximum atomic E-state index is 5.13. The number of benzene rings is 2. The molecule has 2 nitrogen and oxygen atoms in total. The number of rotatable bonds is 11. The lowest BCUT2D eigenvalue weighted by Crippen LogP contribution is -2.14. The largest absolute Gasteiger partial charge is 0.252 e. The summed E-state index contributed by atoms with van der Waals surface area (Å²) in [6, 6.07) is 13.0. The average Bonchev–Trinajstić information content (AvgIpc) is 2.72. The van der Waals surface area contributed by atoms with E-state index in [4.69, 9.17) is 9.98 Å². The van der Waals surface area contributed by atoms with E-state index in [1.165, 1.54) is 72.2 Å². The van der Waals surface area contributed by atoms with E-state index < -0.39 is 0 Å². The molecule has 0 heterocycles. The molecule has 0 spiro atoms. The molecule has 0 bridgehead atoms. The Morgan fingerprint density at radius 2 is 0.967 bits per heavy atom. The fourth-order valence-electron chi connectivity index (χ4n) is 3.52. The SMILES string of the molecule is CCCCCC(=Nc1ccc(C)c(C)c1)C(CCCCC)=Nc1ccc(C)c(C)c1. The van der Waals surface area contributed by atoms with Gasteiger partial charge in [0.15, 0.2) is 0 Å². The summed E-state index contributed by atoms with van der Waals surface area (Å²) in [5, 5.41) is 0. The van der Waals surface area contributed by atoms with E-state index in [1.807, 2.05) is 0 Å². The fraction of sp³-hybridized carbons (Fsp3) is 0.500. The van der Waals surface area contributed by atoms with Gasteiger partial charge in [-0.3, -0.25) is 9.98 Å². The number of aryl methyl sites for hydroxylation is 4. The second-order valence-electron chi connectivity index (χ2n) is 8.57. The average molecular weight is 405 g/mol. The molecule has 0 amide bonds. The van der Waals surface area contributed by atoms with Gasteiger partial charge in [0.2, 0.25) is 0 Å². The zero-order valence-corrected chi connectivity index (χ0v) is 20.0. The third-order valence-electron chi connectivity index (χ3n) is 5.88. The Hall–Kier alpha value is -2.22. The lowest BCUT2D eigenvalue weighted by atomic mass is 10.0. The summed E-state index contributed by atoms with van der Waals surface area (Å²) in [6.07, 6.45) is 9.23. The van der Waals surface area contributed by atoms with Crippen molar-refractivity contribution in [2.75, 3.05) is 0 Å². The van der Waals surface area contributed by atoms with Crippen LogP contribution < -0.4 is 0 Å². The van der Waals surface area contributed by atoms with Crippen molar-refractivity contribution in [3.05, 3.63) is 58.7 Å². The highest BCUT2D eigenvalue weighted by molar-refractivity contribution is 6.43. The Kier molecular flexibility index (Phi) is 10.00. The first kappa shape index (κ1) is 24.1. The van der Waals surface area contributed by atoms with Crippen LogP contribution in [0.15, 0.2) is 46.4 Å². The van der Waals surface area contributed by atoms with Gasteiger partial charge in [-0.25, -0.2) is 0 Å². The third-order valence-corrected chi connectivity index (χ3v) is 5.88. The Bertz CT molecular complexity index is 801. The van der Waals surface area contributed by atoms with Crippen LogP contribution in [0.5, 0.6) is 0 Å². The molecule has 2 aromatic rings. The van der Waals surface area contributed by atoms with Crippen LogP contribution >= 0.6 is 0 Å². The maximum absolute atomic E-state index is 5.13. The highest BCUT2D eigenvalue weighted by atomic mass is 14.8. The van der Waals surface area contributed by atoms with E-state index >= 15 is 0 Å². The van der Waals surface area contributed by atoms with Crippen LogP contribution in [0.1, 0.15) is 87.5 Å². The van der Waals surface area contributed by atoms with Gasteiger partial charge in [-0.1, -0.05) is 51.7 Å². The van der Waals surface area contributed by atoms with Crippen LogP contribution in [0.3, 0.4) is 0 Å². The molecule has 0 aliphatic rings. The van der Waals surface area contributed by atoms with Gasteiger partial charge in [-0.05, 0) is 99.9 Å². The van der Waals surface area contributed by atoms with Crippen molar-refractivity contribution in [3.8, 4) is 0 Å². The molecular formula is C28H40N2. The van der Waals surface area contributed by atoms with E-state index in [9.17, 15) is 0 Å². The minimum atomic E-state index is 0.997. The lowest BCUT2D eigenvalue weighted by molar-refractivity contribution is 0.735. The molecule has 30 heavy (non-hydrogen) atoms. The van der Waals surface area contributed by atoms with Gasteiger partial charge in [-0.15, -0.1) is 0 Å². The third kappa shape index (κ3) is 7.55. The van der Waals surface area contributed by atoms with Gasteiger partial charge in [-0.2, -0.15) is 0 Å². The molecular weight excluding hydrogens is 364 g/mol. The Labute approximate surface area is 184 Å². The molecule has 0 aliphatic heterocycles. The predicted octanol–water partition coefficient (Wildman–Crippen LogP) is 8.93. The van der Waals surface area contributed by atoms with Gasteiger partial charge in [0, 0.05) is 0 Å². The summed E-state index contributed by atoms with van der Waals surface area (Å²) in [7, 11) is 0. The zero-order valence-electron chi connectivity index (χ0n) is 20.0. The monoisotopic (exact) mass is 404 g/mol. The number of aliphatic imine (C=N–C) groups is 2. The van der Waals surface area contributed by atoms with Crippen molar-refractivity contribution in [1.29, 1.82) is 0 Å². The molecule has 0 N–H and O–H groups in total. The molecule has 0 aliphatic carbocycles. The zero-order chi connectivity index (χ0) is 21.9. The van der Waals surface area contributed by atoms with E-state index in [2.05, 4.69) is 77.9 Å². The smallest absolute Gasteiger partial charge is 0.0636 e. The minimum absolute atomic E-state index is 0.997. The summed E-state index contributed by atoms with van der Waals surface area (Å²) >= 11 is 0. The predicted molar refractivity (Wildman–Crippen MR) is 134 cm³/mol. The van der Waals surface area contributed by atoms with Gasteiger partial charge in [0.1, 0.15) is 0 Å². The van der Waals surface area contributed by atoms with Crippen molar-refractivity contribution >= 4 is 22.8 Å². The van der Waals surface area contributed by atoms with Crippen molar-refractivity contribution < 1.29 is 0 Å². The number of unbranched alkanes of at least 4 members (excludes halogenated alkanes) is 4. The normalized spacial score (nSPS) is 12.5. The fourth-order valence-corrected chi connectivity index (χ4v) is 3.52. The van der Waals surface area contributed by atoms with Crippen molar-refractivity contribution in [2.24, 2.45) is 9.98 Å². The number of hydrogen-bond donors (Lipinski definition) is 0. The molecule has 0 saturated heterocycles. The first-order valence-corrected chi connectivity index (χ1v) is 11.7. The first-order valence-electron chi connectivity index (χ1n) is 11.7. The second-order valence-corrected chi connectivity index (χ2v) is 8.57. The van der Waals surface area contributed by atoms with Gasteiger partial charge in [0.25, 0.3) is 0 Å². The highest BCUT2D eigenvalue weighted by Crippen LogP contribution is 2.23. The Morgan fingerprint density at radius 1 is 0.567 bits per heavy atom. The van der Waals surface area contributed by atoms with Crippen LogP contribution in [0.2, 0.25) is 0 Å². The van der Waals surface area contributed by atoms with Gasteiger partial charge in [0.05, 0.1) is 22.8 Å². The highest BCUT2D eigenvalue weighted by Gasteiger charge is 2.11. The molecule has 0 saturated carbocycles. The standard InChI is InChI=1S/C28H40N2/c1-7-9-11-13-27(29-25-17-15-21(3)23(5)19-25)28(14-12-10-8-2)30-26-18-16-22(4)24(6)20-26/h15-20H,7-14H2,1-6H3. The second kappa shape index (κ2) is 12.5. The van der Waals surface area contributed by atoms with Crippen LogP contribution in [0.4, 0.5) is 11.4 Å². The van der Waals surface area contributed by atoms with E-state index in [0.29, 0.717) is 0 Å². The Morgan fingerprint density at radius 3 is 1.30 bits per heavy atom. The van der Waals surface area contributed by atoms with Crippen LogP contribution in [0, 0.1) is 27.7 Å². The van der Waals surface area contributed by atoms with Crippen molar-refractivity contribution in [3.63, 3.8) is 0 Å². The molecule has 2 heteroatoms. The summed E-state index contributed by atoms with van der Waals surface area (Å²) in [6.45, 7) is 13.1. The van der Waals surface area contributed by atoms with Gasteiger partial charge < -0.3 is 0 Å². The summed E-state index contributed by atoms with van der Waals surface area (Å²) in [4.78, 5) is 10.3. The molecule has 2 rings (SSSR count). The molecule has 0 radical (unpaired) electrons. The number of hydrogen-bond acceptors (Lipinski definition) is 2. The van der Waals surface area contributed by atoms with Gasteiger partial charge >= 0.3 is 0 Å². The molecule has 0 atom stereocenters. The van der Waals surface area contributed by atoms with Crippen molar-refractivity contribution in [1.82, 2.24) is 0 Å². The van der Waals surface area contributed by atoms with Crippen molar-refractivity contribution in [2.45, 2.75) is 92.9 Å². The molecule has 162 valence electrons. The minimum Gasteiger partial charge on any atom is -0.252 e. The molecule has 0 aromatic heterocycles. The Balaban J connectivity index is 2.46. The van der Waals surface area contributed by atoms with E-state index in [1.54, 1.807) is 0 Å². The molecule has 0 fully saturated rings. The van der Waals surface area contributed by atoms with Crippen LogP contribution in [-0.4, -0.2) is 11.4 Å². The van der Waals surface area contributed by atoms with Crippen LogP contribution in [0.25, 0.3) is 0 Å². The summed E-state index contributed by atoms with van der Waals surface area (Å²) < 4.78 is 0. The van der Waals surface area contributed by atoms with E-state index in [0.717, 1.165) is 24.2 Å². The quantitative estimate of drug-likeness (QED) is 0.264. The van der Waals surface area contributed by atoms with Crippen LogP contribution in [-0.2, 0) is 0 Å². The molecule has 2 aromatic carbocycles. The topological polar surface area (TPSA) is 24.7 Å². The summed E-state index contributed by atoms with van der Waals surface area (Å²) in [5.74, 6) is 0. The first-order chi connectivity index (χ1) is 14.4. The summed E-state index contributed by atoms with van der Waals surface area (Å²) in [5.41, 5.74) is 9.65. The maximum Gasteiger partial charge on any atom is 0.0636 e. The number of nitrogens with zero attached hydrogens (tertiary/aromatic N) is 2. The molecule has 0 unspecified atom stereocenters.